The van der Waals surface area contributed by atoms with Crippen LogP contribution in [0, 0.1) is 0 Å². The van der Waals surface area contributed by atoms with Crippen molar-refractivity contribution in [3.8, 4) is 0 Å². The minimum atomic E-state index is -0.0678. The predicted octanol–water partition coefficient (Wildman–Crippen LogP) is 4.34. The second-order valence-corrected chi connectivity index (χ2v) is 5.68. The van der Waals surface area contributed by atoms with Gasteiger partial charge < -0.3 is 10.5 Å². The molecule has 1 aromatic carbocycles. The standard InChI is InChI=1S/C14H19Cl2NO/c15-10-4-6-13(16)12(9-10)14(17)7-5-11-3-1-2-8-18-11/h4,6,9,11,14H,1-3,5,7-8,17H2. The van der Waals surface area contributed by atoms with Gasteiger partial charge in [-0.1, -0.05) is 23.2 Å². The molecule has 1 saturated heterocycles. The Kier molecular flexibility index (Phi) is 5.31. The first kappa shape index (κ1) is 14.1. The summed E-state index contributed by atoms with van der Waals surface area (Å²) in [6.45, 7) is 0.887. The van der Waals surface area contributed by atoms with E-state index in [1.807, 2.05) is 6.07 Å². The number of halogens is 2. The van der Waals surface area contributed by atoms with E-state index in [2.05, 4.69) is 0 Å². The number of ether oxygens (including phenoxy) is 1. The highest BCUT2D eigenvalue weighted by Crippen LogP contribution is 2.29. The highest BCUT2D eigenvalue weighted by Gasteiger charge is 2.17. The minimum Gasteiger partial charge on any atom is -0.378 e. The molecule has 2 N–H and O–H groups in total. The van der Waals surface area contributed by atoms with Crippen molar-refractivity contribution in [1.82, 2.24) is 0 Å². The van der Waals surface area contributed by atoms with E-state index in [4.69, 9.17) is 33.7 Å². The maximum atomic E-state index is 6.18. The van der Waals surface area contributed by atoms with Gasteiger partial charge in [0.15, 0.2) is 0 Å². The molecule has 0 aliphatic carbocycles. The van der Waals surface area contributed by atoms with E-state index >= 15 is 0 Å². The van der Waals surface area contributed by atoms with Crippen LogP contribution < -0.4 is 5.73 Å². The molecule has 2 rings (SSSR count). The van der Waals surface area contributed by atoms with Crippen molar-refractivity contribution in [2.45, 2.75) is 44.2 Å². The lowest BCUT2D eigenvalue weighted by atomic mass is 9.98. The number of nitrogens with two attached hydrogens (primary N) is 1. The van der Waals surface area contributed by atoms with Crippen LogP contribution in [0.4, 0.5) is 0 Å². The van der Waals surface area contributed by atoms with Crippen LogP contribution in [0.1, 0.15) is 43.7 Å². The Hall–Kier alpha value is -0.280. The fourth-order valence-corrected chi connectivity index (χ4v) is 2.79. The van der Waals surface area contributed by atoms with Crippen molar-refractivity contribution in [3.63, 3.8) is 0 Å². The summed E-state index contributed by atoms with van der Waals surface area (Å²) in [5, 5.41) is 1.37. The zero-order valence-corrected chi connectivity index (χ0v) is 11.9. The summed E-state index contributed by atoms with van der Waals surface area (Å²) < 4.78 is 5.70. The lowest BCUT2D eigenvalue weighted by Gasteiger charge is -2.24. The van der Waals surface area contributed by atoms with Crippen molar-refractivity contribution in [2.75, 3.05) is 6.61 Å². The Balaban J connectivity index is 1.90. The number of rotatable bonds is 4. The fourth-order valence-electron chi connectivity index (χ4n) is 2.35. The first-order chi connectivity index (χ1) is 8.66. The summed E-state index contributed by atoms with van der Waals surface area (Å²) in [5.41, 5.74) is 7.11. The van der Waals surface area contributed by atoms with Crippen molar-refractivity contribution in [2.24, 2.45) is 5.73 Å². The van der Waals surface area contributed by atoms with Crippen LogP contribution in [0.5, 0.6) is 0 Å². The van der Waals surface area contributed by atoms with Crippen LogP contribution in [0.2, 0.25) is 10.0 Å². The topological polar surface area (TPSA) is 35.2 Å². The van der Waals surface area contributed by atoms with E-state index in [1.165, 1.54) is 12.8 Å². The van der Waals surface area contributed by atoms with Gasteiger partial charge in [0.25, 0.3) is 0 Å². The third kappa shape index (κ3) is 3.86. The fraction of sp³-hybridized carbons (Fsp3) is 0.571. The third-order valence-electron chi connectivity index (χ3n) is 3.43. The van der Waals surface area contributed by atoms with Gasteiger partial charge in [-0.15, -0.1) is 0 Å². The Morgan fingerprint density at radius 3 is 2.89 bits per heavy atom. The van der Waals surface area contributed by atoms with Gasteiger partial charge in [-0.3, -0.25) is 0 Å². The second kappa shape index (κ2) is 6.76. The van der Waals surface area contributed by atoms with Crippen LogP contribution in [0.3, 0.4) is 0 Å². The summed E-state index contributed by atoms with van der Waals surface area (Å²) in [5.74, 6) is 0. The lowest BCUT2D eigenvalue weighted by Crippen LogP contribution is -2.21. The van der Waals surface area contributed by atoms with Gasteiger partial charge in [-0.25, -0.2) is 0 Å². The molecular weight excluding hydrogens is 269 g/mol. The van der Waals surface area contributed by atoms with Crippen LogP contribution in [0.15, 0.2) is 18.2 Å². The Bertz CT molecular complexity index is 391. The van der Waals surface area contributed by atoms with E-state index in [9.17, 15) is 0 Å². The first-order valence-corrected chi connectivity index (χ1v) is 7.24. The summed E-state index contributed by atoms with van der Waals surface area (Å²) in [6.07, 6.45) is 5.83. The van der Waals surface area contributed by atoms with Crippen molar-refractivity contribution in [3.05, 3.63) is 33.8 Å². The van der Waals surface area contributed by atoms with E-state index in [1.54, 1.807) is 12.1 Å². The molecule has 2 nitrogen and oxygen atoms in total. The van der Waals surface area contributed by atoms with Gasteiger partial charge in [0.05, 0.1) is 6.10 Å². The molecule has 1 heterocycles. The predicted molar refractivity (Wildman–Crippen MR) is 76.2 cm³/mol. The van der Waals surface area contributed by atoms with E-state index in [-0.39, 0.29) is 6.04 Å². The van der Waals surface area contributed by atoms with Gasteiger partial charge in [0.2, 0.25) is 0 Å². The largest absolute Gasteiger partial charge is 0.378 e. The smallest absolute Gasteiger partial charge is 0.0575 e. The summed E-state index contributed by atoms with van der Waals surface area (Å²) in [6, 6.07) is 5.37. The zero-order valence-electron chi connectivity index (χ0n) is 10.4. The van der Waals surface area contributed by atoms with Crippen LogP contribution >= 0.6 is 23.2 Å². The maximum Gasteiger partial charge on any atom is 0.0575 e. The van der Waals surface area contributed by atoms with E-state index in [0.29, 0.717) is 16.1 Å². The third-order valence-corrected chi connectivity index (χ3v) is 4.01. The van der Waals surface area contributed by atoms with Gasteiger partial charge in [-0.2, -0.15) is 0 Å². The Labute approximate surface area is 118 Å². The molecule has 4 heteroatoms. The molecule has 1 aliphatic heterocycles. The highest BCUT2D eigenvalue weighted by molar-refractivity contribution is 6.33. The average Bonchev–Trinajstić information content (AvgIpc) is 2.40. The molecule has 0 saturated carbocycles. The van der Waals surface area contributed by atoms with Crippen LogP contribution in [0.25, 0.3) is 0 Å². The zero-order chi connectivity index (χ0) is 13.0. The number of hydrogen-bond donors (Lipinski definition) is 1. The summed E-state index contributed by atoms with van der Waals surface area (Å²) >= 11 is 12.1. The van der Waals surface area contributed by atoms with Crippen LogP contribution in [-0.2, 0) is 4.74 Å². The van der Waals surface area contributed by atoms with E-state index in [0.717, 1.165) is 31.4 Å². The molecule has 0 aromatic heterocycles. The summed E-state index contributed by atoms with van der Waals surface area (Å²) in [4.78, 5) is 0. The molecule has 100 valence electrons. The highest BCUT2D eigenvalue weighted by atomic mass is 35.5. The van der Waals surface area contributed by atoms with E-state index < -0.39 is 0 Å². The van der Waals surface area contributed by atoms with Gasteiger partial charge in [0.1, 0.15) is 0 Å². The lowest BCUT2D eigenvalue weighted by molar-refractivity contribution is 0.00912. The van der Waals surface area contributed by atoms with Crippen molar-refractivity contribution < 1.29 is 4.74 Å². The number of hydrogen-bond acceptors (Lipinski definition) is 2. The molecule has 18 heavy (non-hydrogen) atoms. The molecule has 0 amide bonds. The monoisotopic (exact) mass is 287 g/mol. The van der Waals surface area contributed by atoms with Gasteiger partial charge >= 0.3 is 0 Å². The molecule has 1 fully saturated rings. The molecule has 1 aliphatic rings. The number of benzene rings is 1. The molecule has 2 atom stereocenters. The quantitative estimate of drug-likeness (QED) is 0.894. The Morgan fingerprint density at radius 2 is 2.17 bits per heavy atom. The second-order valence-electron chi connectivity index (χ2n) is 4.84. The molecular formula is C14H19Cl2NO. The Morgan fingerprint density at radius 1 is 1.33 bits per heavy atom. The SMILES string of the molecule is NC(CCC1CCCCO1)c1cc(Cl)ccc1Cl. The normalized spacial score (nSPS) is 21.8. The van der Waals surface area contributed by atoms with Crippen molar-refractivity contribution in [1.29, 1.82) is 0 Å². The molecule has 0 radical (unpaired) electrons. The van der Waals surface area contributed by atoms with Gasteiger partial charge in [-0.05, 0) is 55.9 Å². The van der Waals surface area contributed by atoms with Gasteiger partial charge in [0, 0.05) is 22.7 Å². The van der Waals surface area contributed by atoms with Crippen molar-refractivity contribution >= 4 is 23.2 Å². The minimum absolute atomic E-state index is 0.0678. The summed E-state index contributed by atoms with van der Waals surface area (Å²) in [7, 11) is 0. The average molecular weight is 288 g/mol. The molecule has 2 unspecified atom stereocenters. The van der Waals surface area contributed by atoms with Crippen LogP contribution in [-0.4, -0.2) is 12.7 Å². The molecule has 0 spiro atoms. The molecule has 0 bridgehead atoms. The maximum absolute atomic E-state index is 6.18. The first-order valence-electron chi connectivity index (χ1n) is 6.49. The molecule has 1 aromatic rings.